The van der Waals surface area contributed by atoms with Crippen molar-refractivity contribution in [1.29, 1.82) is 0 Å². The van der Waals surface area contributed by atoms with Crippen LogP contribution in [-0.4, -0.2) is 18.6 Å². The zero-order valence-electron chi connectivity index (χ0n) is 11.8. The molecule has 6 heteroatoms. The Balaban J connectivity index is 2.03. The second-order valence-corrected chi connectivity index (χ2v) is 6.79. The number of anilines is 1. The van der Waals surface area contributed by atoms with Gasteiger partial charge in [-0.1, -0.05) is 29.6 Å². The molecule has 3 nitrogen and oxygen atoms in total. The van der Waals surface area contributed by atoms with E-state index < -0.39 is 0 Å². The highest BCUT2D eigenvalue weighted by molar-refractivity contribution is 9.10. The summed E-state index contributed by atoms with van der Waals surface area (Å²) in [4.78, 5) is 11.9. The van der Waals surface area contributed by atoms with E-state index in [1.165, 1.54) is 0 Å². The molecule has 0 spiro atoms. The van der Waals surface area contributed by atoms with Gasteiger partial charge in [-0.05, 0) is 54.2 Å². The lowest BCUT2D eigenvalue weighted by Crippen LogP contribution is -2.32. The van der Waals surface area contributed by atoms with Crippen LogP contribution in [0.5, 0.6) is 0 Å². The van der Waals surface area contributed by atoms with Crippen LogP contribution in [0.2, 0.25) is 10.0 Å². The molecule has 1 fully saturated rings. The molecule has 0 amide bonds. The van der Waals surface area contributed by atoms with E-state index in [-0.39, 0.29) is 17.9 Å². The van der Waals surface area contributed by atoms with Gasteiger partial charge in [0.05, 0.1) is 28.3 Å². The first-order valence-corrected chi connectivity index (χ1v) is 8.64. The minimum absolute atomic E-state index is 0.0269. The summed E-state index contributed by atoms with van der Waals surface area (Å²) in [6.07, 6.45) is 3.68. The average Bonchev–Trinajstić information content (AvgIpc) is 2.48. The SMILES string of the molecule is CCOC(=O)C1CCCC(Nc2ccc(Br)c(Cl)c2Cl)C1. The minimum Gasteiger partial charge on any atom is -0.466 e. The second-order valence-electron chi connectivity index (χ2n) is 5.18. The topological polar surface area (TPSA) is 38.3 Å². The lowest BCUT2D eigenvalue weighted by atomic mass is 9.85. The molecule has 1 aromatic rings. The monoisotopic (exact) mass is 393 g/mol. The molecule has 2 atom stereocenters. The van der Waals surface area contributed by atoms with Crippen molar-refractivity contribution in [1.82, 2.24) is 0 Å². The van der Waals surface area contributed by atoms with Crippen LogP contribution in [-0.2, 0) is 9.53 Å². The van der Waals surface area contributed by atoms with Gasteiger partial charge in [0.2, 0.25) is 0 Å². The van der Waals surface area contributed by atoms with Gasteiger partial charge in [0.15, 0.2) is 0 Å². The third-order valence-electron chi connectivity index (χ3n) is 3.69. The van der Waals surface area contributed by atoms with Gasteiger partial charge in [-0.25, -0.2) is 0 Å². The van der Waals surface area contributed by atoms with E-state index in [2.05, 4.69) is 21.2 Å². The van der Waals surface area contributed by atoms with Crippen molar-refractivity contribution in [3.63, 3.8) is 0 Å². The normalized spacial score (nSPS) is 21.9. The lowest BCUT2D eigenvalue weighted by molar-refractivity contribution is -0.149. The summed E-state index contributed by atoms with van der Waals surface area (Å²) in [6, 6.07) is 3.97. The minimum atomic E-state index is -0.0936. The maximum Gasteiger partial charge on any atom is 0.308 e. The number of benzene rings is 1. The van der Waals surface area contributed by atoms with Gasteiger partial charge in [0.25, 0.3) is 0 Å². The Kier molecular flexibility index (Phi) is 6.20. The largest absolute Gasteiger partial charge is 0.466 e. The fraction of sp³-hybridized carbons (Fsp3) is 0.533. The number of halogens is 3. The van der Waals surface area contributed by atoms with E-state index in [0.717, 1.165) is 35.8 Å². The van der Waals surface area contributed by atoms with Crippen LogP contribution < -0.4 is 5.32 Å². The Labute approximate surface area is 143 Å². The number of hydrogen-bond donors (Lipinski definition) is 1. The van der Waals surface area contributed by atoms with Gasteiger partial charge in [-0.2, -0.15) is 0 Å². The number of rotatable bonds is 4. The molecule has 0 saturated heterocycles. The molecule has 116 valence electrons. The summed E-state index contributed by atoms with van der Waals surface area (Å²) >= 11 is 15.7. The predicted molar refractivity (Wildman–Crippen MR) is 90.2 cm³/mol. The van der Waals surface area contributed by atoms with Crippen LogP contribution in [0.4, 0.5) is 5.69 Å². The van der Waals surface area contributed by atoms with Gasteiger partial charge < -0.3 is 10.1 Å². The van der Waals surface area contributed by atoms with Crippen molar-refractivity contribution in [3.8, 4) is 0 Å². The zero-order valence-corrected chi connectivity index (χ0v) is 14.9. The quantitative estimate of drug-likeness (QED) is 0.556. The Hall–Kier alpha value is -0.450. The molecule has 1 aromatic carbocycles. The van der Waals surface area contributed by atoms with Crippen molar-refractivity contribution in [2.75, 3.05) is 11.9 Å². The first-order chi connectivity index (χ1) is 10.0. The summed E-state index contributed by atoms with van der Waals surface area (Å²) in [5.41, 5.74) is 0.805. The molecule has 2 unspecified atom stereocenters. The van der Waals surface area contributed by atoms with Gasteiger partial charge in [-0.3, -0.25) is 4.79 Å². The third-order valence-corrected chi connectivity index (χ3v) is 5.46. The first kappa shape index (κ1) is 16.9. The van der Waals surface area contributed by atoms with Crippen molar-refractivity contribution >= 4 is 50.8 Å². The number of carbonyl (C=O) groups excluding carboxylic acids is 1. The molecule has 1 aliphatic rings. The zero-order chi connectivity index (χ0) is 15.4. The Bertz CT molecular complexity index is 525. The van der Waals surface area contributed by atoms with Crippen molar-refractivity contribution < 1.29 is 9.53 Å². The first-order valence-electron chi connectivity index (χ1n) is 7.09. The van der Waals surface area contributed by atoms with Crippen LogP contribution in [0.3, 0.4) is 0 Å². The summed E-state index contributed by atoms with van der Waals surface area (Å²) in [5, 5.41) is 4.40. The Morgan fingerprint density at radius 3 is 2.86 bits per heavy atom. The fourth-order valence-electron chi connectivity index (χ4n) is 2.65. The molecule has 1 aliphatic carbocycles. The van der Waals surface area contributed by atoms with E-state index in [0.29, 0.717) is 16.7 Å². The van der Waals surface area contributed by atoms with Gasteiger partial charge in [-0.15, -0.1) is 0 Å². The molecular weight excluding hydrogens is 377 g/mol. The maximum atomic E-state index is 11.9. The maximum absolute atomic E-state index is 11.9. The average molecular weight is 395 g/mol. The summed E-state index contributed by atoms with van der Waals surface area (Å²) in [5.74, 6) is -0.121. The highest BCUT2D eigenvalue weighted by Crippen LogP contribution is 2.37. The van der Waals surface area contributed by atoms with Crippen LogP contribution >= 0.6 is 39.1 Å². The molecule has 0 aliphatic heterocycles. The number of carbonyl (C=O) groups is 1. The highest BCUT2D eigenvalue weighted by Gasteiger charge is 2.28. The van der Waals surface area contributed by atoms with E-state index in [1.807, 2.05) is 19.1 Å². The van der Waals surface area contributed by atoms with E-state index in [9.17, 15) is 4.79 Å². The molecule has 0 aromatic heterocycles. The summed E-state index contributed by atoms with van der Waals surface area (Å²) in [6.45, 7) is 2.27. The molecule has 2 rings (SSSR count). The number of esters is 1. The number of ether oxygens (including phenoxy) is 1. The van der Waals surface area contributed by atoms with Crippen molar-refractivity contribution in [3.05, 3.63) is 26.7 Å². The van der Waals surface area contributed by atoms with Crippen LogP contribution in [0.1, 0.15) is 32.6 Å². The molecule has 0 radical (unpaired) electrons. The number of hydrogen-bond acceptors (Lipinski definition) is 3. The molecular formula is C15H18BrCl2NO2. The lowest BCUT2D eigenvalue weighted by Gasteiger charge is -2.29. The molecule has 0 bridgehead atoms. The predicted octanol–water partition coefficient (Wildman–Crippen LogP) is 5.29. The van der Waals surface area contributed by atoms with E-state index in [4.69, 9.17) is 27.9 Å². The van der Waals surface area contributed by atoms with Gasteiger partial charge in [0.1, 0.15) is 0 Å². The third kappa shape index (κ3) is 4.27. The number of nitrogens with one attached hydrogen (secondary N) is 1. The summed E-state index contributed by atoms with van der Waals surface area (Å²) in [7, 11) is 0. The van der Waals surface area contributed by atoms with Gasteiger partial charge >= 0.3 is 5.97 Å². The fourth-order valence-corrected chi connectivity index (χ4v) is 3.48. The highest BCUT2D eigenvalue weighted by atomic mass is 79.9. The Morgan fingerprint density at radius 1 is 1.38 bits per heavy atom. The van der Waals surface area contributed by atoms with Crippen molar-refractivity contribution in [2.24, 2.45) is 5.92 Å². The smallest absolute Gasteiger partial charge is 0.308 e. The van der Waals surface area contributed by atoms with Crippen LogP contribution in [0.25, 0.3) is 0 Å². The van der Waals surface area contributed by atoms with E-state index >= 15 is 0 Å². The molecule has 1 saturated carbocycles. The molecule has 1 N–H and O–H groups in total. The molecule has 0 heterocycles. The van der Waals surface area contributed by atoms with E-state index in [1.54, 1.807) is 0 Å². The van der Waals surface area contributed by atoms with Gasteiger partial charge in [0, 0.05) is 10.5 Å². The van der Waals surface area contributed by atoms with Crippen molar-refractivity contribution in [2.45, 2.75) is 38.6 Å². The second kappa shape index (κ2) is 7.70. The molecule has 21 heavy (non-hydrogen) atoms. The standard InChI is InChI=1S/C15H18BrCl2NO2/c1-2-21-15(20)9-4-3-5-10(8-9)19-12-7-6-11(16)13(17)14(12)18/h6-7,9-10,19H,2-5,8H2,1H3. The Morgan fingerprint density at radius 2 is 2.14 bits per heavy atom. The van der Waals surface area contributed by atoms with Crippen LogP contribution in [0, 0.1) is 5.92 Å². The van der Waals surface area contributed by atoms with Crippen LogP contribution in [0.15, 0.2) is 16.6 Å². The summed E-state index contributed by atoms with van der Waals surface area (Å²) < 4.78 is 5.89.